The van der Waals surface area contributed by atoms with Crippen LogP contribution in [0.1, 0.15) is 51.0 Å². The highest BCUT2D eigenvalue weighted by Gasteiger charge is 2.34. The van der Waals surface area contributed by atoms with Gasteiger partial charge >= 0.3 is 12.1 Å². The van der Waals surface area contributed by atoms with Crippen LogP contribution in [0.5, 0.6) is 0 Å². The molecule has 0 bridgehead atoms. The fourth-order valence-electron chi connectivity index (χ4n) is 3.49. The van der Waals surface area contributed by atoms with E-state index in [0.29, 0.717) is 32.5 Å². The molecule has 0 aromatic carbocycles. The number of hydrogen-bond donors (Lipinski definition) is 1. The second-order valence-electron chi connectivity index (χ2n) is 7.70. The summed E-state index contributed by atoms with van der Waals surface area (Å²) < 4.78 is 7.58. The molecule has 0 saturated carbocycles. The molecule has 1 saturated heterocycles. The lowest BCUT2D eigenvalue weighted by atomic mass is 9.96. The number of fused-ring (bicyclic) bond motifs is 1. The zero-order chi connectivity index (χ0) is 17.5. The summed E-state index contributed by atoms with van der Waals surface area (Å²) in [7, 11) is 0. The first-order valence-corrected chi connectivity index (χ1v) is 8.49. The van der Waals surface area contributed by atoms with Crippen LogP contribution in [0.15, 0.2) is 6.20 Å². The number of carboxylic acids is 1. The van der Waals surface area contributed by atoms with Crippen molar-refractivity contribution < 1.29 is 19.4 Å². The maximum absolute atomic E-state index is 12.2. The average molecular weight is 335 g/mol. The summed E-state index contributed by atoms with van der Waals surface area (Å²) in [4.78, 5) is 29.6. The van der Waals surface area contributed by atoms with Crippen molar-refractivity contribution in [3.05, 3.63) is 17.7 Å². The molecule has 2 aliphatic heterocycles. The molecular formula is C17H25N3O4. The number of hydrogen-bond acceptors (Lipinski definition) is 4. The van der Waals surface area contributed by atoms with E-state index >= 15 is 0 Å². The summed E-state index contributed by atoms with van der Waals surface area (Å²) in [5.74, 6) is 0.109. The standard InChI is InChI=1S/C17H25N3O4/c1-17(2,3)24-16(23)19-6-4-12(10-19)14-18-9-13-8-11(15(21)22)5-7-20(13)14/h9,11-12H,4-8,10H2,1-3H3,(H,21,22). The summed E-state index contributed by atoms with van der Waals surface area (Å²) in [5, 5.41) is 9.18. The molecular weight excluding hydrogens is 310 g/mol. The minimum absolute atomic E-state index is 0.188. The minimum atomic E-state index is -0.735. The molecule has 24 heavy (non-hydrogen) atoms. The summed E-state index contributed by atoms with van der Waals surface area (Å²) in [6, 6.07) is 0. The van der Waals surface area contributed by atoms with Crippen molar-refractivity contribution in [2.75, 3.05) is 13.1 Å². The number of nitrogens with zero attached hydrogens (tertiary/aromatic N) is 3. The summed E-state index contributed by atoms with van der Waals surface area (Å²) in [6.45, 7) is 7.55. The first kappa shape index (κ1) is 16.8. The van der Waals surface area contributed by atoms with Crippen LogP contribution in [0.3, 0.4) is 0 Å². The minimum Gasteiger partial charge on any atom is -0.481 e. The Labute approximate surface area is 141 Å². The number of amides is 1. The largest absolute Gasteiger partial charge is 0.481 e. The molecule has 1 aromatic rings. The van der Waals surface area contributed by atoms with Gasteiger partial charge in [-0.3, -0.25) is 4.79 Å². The number of aliphatic carboxylic acids is 1. The third kappa shape index (κ3) is 3.39. The predicted octanol–water partition coefficient (Wildman–Crippen LogP) is 2.25. The van der Waals surface area contributed by atoms with Crippen LogP contribution in [0.25, 0.3) is 0 Å². The van der Waals surface area contributed by atoms with Gasteiger partial charge in [-0.2, -0.15) is 0 Å². The Kier molecular flexibility index (Phi) is 4.27. The summed E-state index contributed by atoms with van der Waals surface area (Å²) >= 11 is 0. The Hall–Kier alpha value is -2.05. The topological polar surface area (TPSA) is 84.7 Å². The second-order valence-corrected chi connectivity index (χ2v) is 7.70. The van der Waals surface area contributed by atoms with E-state index in [1.807, 2.05) is 20.8 Å². The zero-order valence-corrected chi connectivity index (χ0v) is 14.5. The molecule has 7 nitrogen and oxygen atoms in total. The zero-order valence-electron chi connectivity index (χ0n) is 14.5. The van der Waals surface area contributed by atoms with E-state index < -0.39 is 11.6 Å². The molecule has 1 fully saturated rings. The SMILES string of the molecule is CC(C)(C)OC(=O)N1CCC(c2ncc3n2CCC(C(=O)O)C3)C1. The monoisotopic (exact) mass is 335 g/mol. The first-order valence-electron chi connectivity index (χ1n) is 8.49. The van der Waals surface area contributed by atoms with Crippen molar-refractivity contribution in [3.63, 3.8) is 0 Å². The van der Waals surface area contributed by atoms with E-state index in [9.17, 15) is 14.7 Å². The second kappa shape index (κ2) is 6.11. The van der Waals surface area contributed by atoms with Crippen LogP contribution >= 0.6 is 0 Å². The molecule has 3 heterocycles. The highest BCUT2D eigenvalue weighted by Crippen LogP contribution is 2.31. The van der Waals surface area contributed by atoms with Crippen LogP contribution in [-0.4, -0.2) is 50.3 Å². The maximum atomic E-state index is 12.2. The summed E-state index contributed by atoms with van der Waals surface area (Å²) in [6.07, 6.45) is 3.54. The van der Waals surface area contributed by atoms with Crippen molar-refractivity contribution in [2.24, 2.45) is 5.92 Å². The molecule has 2 unspecified atom stereocenters. The molecule has 2 aliphatic rings. The molecule has 2 atom stereocenters. The number of imidazole rings is 1. The highest BCUT2D eigenvalue weighted by molar-refractivity contribution is 5.70. The number of carbonyl (C=O) groups excluding carboxylic acids is 1. The molecule has 7 heteroatoms. The van der Waals surface area contributed by atoms with Gasteiger partial charge in [0, 0.05) is 43.9 Å². The average Bonchev–Trinajstić information content (AvgIpc) is 3.11. The van der Waals surface area contributed by atoms with Crippen LogP contribution in [0.2, 0.25) is 0 Å². The number of aromatic nitrogens is 2. The van der Waals surface area contributed by atoms with E-state index in [4.69, 9.17) is 4.74 Å². The van der Waals surface area contributed by atoms with Crippen molar-refractivity contribution in [3.8, 4) is 0 Å². The molecule has 0 spiro atoms. The molecule has 0 aliphatic carbocycles. The lowest BCUT2D eigenvalue weighted by molar-refractivity contribution is -0.142. The van der Waals surface area contributed by atoms with Crippen molar-refractivity contribution in [1.82, 2.24) is 14.5 Å². The summed E-state index contributed by atoms with van der Waals surface area (Å²) in [5.41, 5.74) is 0.493. The van der Waals surface area contributed by atoms with Crippen LogP contribution in [0.4, 0.5) is 4.79 Å². The Balaban J connectivity index is 1.67. The van der Waals surface area contributed by atoms with Crippen LogP contribution < -0.4 is 0 Å². The quantitative estimate of drug-likeness (QED) is 0.896. The van der Waals surface area contributed by atoms with Crippen molar-refractivity contribution in [1.29, 1.82) is 0 Å². The smallest absolute Gasteiger partial charge is 0.410 e. The van der Waals surface area contributed by atoms with E-state index in [2.05, 4.69) is 9.55 Å². The van der Waals surface area contributed by atoms with E-state index in [-0.39, 0.29) is 17.9 Å². The van der Waals surface area contributed by atoms with Gasteiger partial charge in [-0.25, -0.2) is 9.78 Å². The van der Waals surface area contributed by atoms with Gasteiger partial charge in [-0.1, -0.05) is 0 Å². The van der Waals surface area contributed by atoms with E-state index in [1.54, 1.807) is 11.1 Å². The van der Waals surface area contributed by atoms with Gasteiger partial charge in [0.25, 0.3) is 0 Å². The van der Waals surface area contributed by atoms with Crippen molar-refractivity contribution in [2.45, 2.75) is 58.1 Å². The van der Waals surface area contributed by atoms with Gasteiger partial charge in [-0.05, 0) is 33.6 Å². The van der Waals surface area contributed by atoms with Gasteiger partial charge < -0.3 is 19.3 Å². The number of likely N-dealkylation sites (tertiary alicyclic amines) is 1. The van der Waals surface area contributed by atoms with Gasteiger partial charge in [0.1, 0.15) is 11.4 Å². The molecule has 0 radical (unpaired) electrons. The number of ether oxygens (including phenoxy) is 1. The third-order valence-corrected chi connectivity index (χ3v) is 4.68. The molecule has 1 aromatic heterocycles. The normalized spacial score (nSPS) is 23.9. The third-order valence-electron chi connectivity index (χ3n) is 4.68. The van der Waals surface area contributed by atoms with Gasteiger partial charge in [-0.15, -0.1) is 0 Å². The molecule has 1 amide bonds. The first-order chi connectivity index (χ1) is 11.2. The molecule has 1 N–H and O–H groups in total. The highest BCUT2D eigenvalue weighted by atomic mass is 16.6. The lowest BCUT2D eigenvalue weighted by Crippen LogP contribution is -2.35. The van der Waals surface area contributed by atoms with Crippen LogP contribution in [0, 0.1) is 5.92 Å². The number of rotatable bonds is 2. The Morgan fingerprint density at radius 1 is 1.29 bits per heavy atom. The maximum Gasteiger partial charge on any atom is 0.410 e. The number of carboxylic acid groups (broad SMARTS) is 1. The Morgan fingerprint density at radius 3 is 2.71 bits per heavy atom. The van der Waals surface area contributed by atoms with Gasteiger partial charge in [0.2, 0.25) is 0 Å². The van der Waals surface area contributed by atoms with E-state index in [1.165, 1.54) is 0 Å². The predicted molar refractivity (Wildman–Crippen MR) is 86.8 cm³/mol. The Bertz CT molecular complexity index is 647. The lowest BCUT2D eigenvalue weighted by Gasteiger charge is -2.25. The van der Waals surface area contributed by atoms with Gasteiger partial charge in [0.05, 0.1) is 5.92 Å². The van der Waals surface area contributed by atoms with Gasteiger partial charge in [0.15, 0.2) is 0 Å². The Morgan fingerprint density at radius 2 is 2.04 bits per heavy atom. The van der Waals surface area contributed by atoms with Crippen molar-refractivity contribution >= 4 is 12.1 Å². The fraction of sp³-hybridized carbons (Fsp3) is 0.706. The van der Waals surface area contributed by atoms with Crippen LogP contribution in [-0.2, 0) is 22.5 Å². The molecule has 132 valence electrons. The molecule has 3 rings (SSSR count). The number of carbonyl (C=O) groups is 2. The van der Waals surface area contributed by atoms with E-state index in [0.717, 1.165) is 17.9 Å². The fourth-order valence-corrected chi connectivity index (χ4v) is 3.49.